The minimum absolute atomic E-state index is 0.0486. The summed E-state index contributed by atoms with van der Waals surface area (Å²) in [7, 11) is 0. The first-order valence-electron chi connectivity index (χ1n) is 12.5. The Morgan fingerprint density at radius 1 is 0.618 bits per heavy atom. The second-order valence-corrected chi connectivity index (χ2v) is 13.0. The van der Waals surface area contributed by atoms with Crippen LogP contribution in [0.5, 0.6) is 0 Å². The van der Waals surface area contributed by atoms with Gasteiger partial charge < -0.3 is 0 Å². The van der Waals surface area contributed by atoms with Gasteiger partial charge in [-0.1, -0.05) is 0 Å². The molecule has 34 heavy (non-hydrogen) atoms. The summed E-state index contributed by atoms with van der Waals surface area (Å²) in [5.41, 5.74) is 7.50. The molecule has 1 unspecified atom stereocenters. The Morgan fingerprint density at radius 3 is 1.85 bits per heavy atom. The topological polar surface area (TPSA) is 0 Å². The van der Waals surface area contributed by atoms with Crippen molar-refractivity contribution in [2.24, 2.45) is 11.8 Å². The Hall–Kier alpha value is -2.86. The van der Waals surface area contributed by atoms with Crippen LogP contribution in [-0.2, 0) is 4.31 Å². The zero-order chi connectivity index (χ0) is 22.5. The first-order valence-corrected chi connectivity index (χ1v) is 14.3. The van der Waals surface area contributed by atoms with E-state index in [0.717, 1.165) is 16.7 Å². The summed E-state index contributed by atoms with van der Waals surface area (Å²) < 4.78 is -0.0486. The second-order valence-electron chi connectivity index (χ2n) is 10.00. The van der Waals surface area contributed by atoms with E-state index >= 15 is 0 Å². The molecule has 0 radical (unpaired) electrons. The maximum atomic E-state index is 2.55. The van der Waals surface area contributed by atoms with E-state index in [1.807, 2.05) is 0 Å². The van der Waals surface area contributed by atoms with Gasteiger partial charge in [0.15, 0.2) is 0 Å². The van der Waals surface area contributed by atoms with Crippen molar-refractivity contribution >= 4 is 15.0 Å². The van der Waals surface area contributed by atoms with E-state index in [1.165, 1.54) is 23.1 Å². The molecule has 0 amide bonds. The fourth-order valence-electron chi connectivity index (χ4n) is 7.00. The van der Waals surface area contributed by atoms with Gasteiger partial charge in [-0.25, -0.2) is 0 Å². The molecule has 0 aromatic heterocycles. The molecule has 0 nitrogen and oxygen atoms in total. The molecule has 166 valence electrons. The average molecular weight is 504 g/mol. The number of fused-ring (bicyclic) bond motifs is 7. The molecule has 3 aliphatic rings. The van der Waals surface area contributed by atoms with Gasteiger partial charge in [-0.2, -0.15) is 0 Å². The molecular formula is C33H28Se. The number of benzene rings is 4. The Bertz CT molecular complexity index is 1290. The summed E-state index contributed by atoms with van der Waals surface area (Å²) in [6.45, 7) is 0. The van der Waals surface area contributed by atoms with Crippen LogP contribution in [0.3, 0.4) is 0 Å². The quantitative estimate of drug-likeness (QED) is 0.199. The molecule has 2 bridgehead atoms. The molecule has 7 rings (SSSR count). The third kappa shape index (κ3) is 2.97. The van der Waals surface area contributed by atoms with Crippen LogP contribution in [0.25, 0.3) is 0 Å². The summed E-state index contributed by atoms with van der Waals surface area (Å²) in [6, 6.07) is 43.5. The van der Waals surface area contributed by atoms with Crippen LogP contribution in [0.4, 0.5) is 0 Å². The van der Waals surface area contributed by atoms with Crippen LogP contribution in [0, 0.1) is 11.8 Å². The van der Waals surface area contributed by atoms with Gasteiger partial charge in [0.2, 0.25) is 0 Å². The van der Waals surface area contributed by atoms with Crippen molar-refractivity contribution in [3.8, 4) is 0 Å². The van der Waals surface area contributed by atoms with Crippen molar-refractivity contribution in [1.82, 2.24) is 0 Å². The van der Waals surface area contributed by atoms with Crippen molar-refractivity contribution in [1.29, 1.82) is 0 Å². The summed E-state index contributed by atoms with van der Waals surface area (Å²) in [5.74, 6) is 2.43. The van der Waals surface area contributed by atoms with E-state index < -0.39 is 0 Å². The number of allylic oxidation sites excluding steroid dienone is 2. The van der Waals surface area contributed by atoms with E-state index in [2.05, 4.69) is 127 Å². The predicted octanol–water partition coefficient (Wildman–Crippen LogP) is 7.56. The van der Waals surface area contributed by atoms with Gasteiger partial charge in [0.05, 0.1) is 0 Å². The van der Waals surface area contributed by atoms with E-state index in [-0.39, 0.29) is 10.2 Å². The summed E-state index contributed by atoms with van der Waals surface area (Å²) >= 11 is 0.397. The molecule has 2 aliphatic carbocycles. The minimum atomic E-state index is -0.0486. The Balaban J connectivity index is 1.56. The first-order chi connectivity index (χ1) is 16.9. The molecule has 0 N–H and O–H groups in total. The molecule has 1 saturated carbocycles. The monoisotopic (exact) mass is 504 g/mol. The molecule has 1 heterocycles. The fraction of sp³-hybridized carbons (Fsp3) is 0.212. The molecule has 0 spiro atoms. The van der Waals surface area contributed by atoms with Gasteiger partial charge >= 0.3 is 209 Å². The van der Waals surface area contributed by atoms with Gasteiger partial charge in [-0.05, 0) is 0 Å². The molecular weight excluding hydrogens is 475 g/mol. The molecule has 5 atom stereocenters. The summed E-state index contributed by atoms with van der Waals surface area (Å²) in [4.78, 5) is 0.757. The normalized spacial score (nSPS) is 28.6. The standard InChI is InChI=1S/C33H28Se/c1-4-12-23(13-5-1)31(24-14-6-2-7-15-24)33(27-16-8-3-9-17-27)29-19-11-10-18-28(29)30-25-20-21-26(22-25)32(30)34-33/h1-21,25-26,30-32H,22H2/t25-,26+,30+,32+,33?/m0/s1. The van der Waals surface area contributed by atoms with Crippen molar-refractivity contribution < 1.29 is 0 Å². The van der Waals surface area contributed by atoms with Gasteiger partial charge in [0.25, 0.3) is 0 Å². The SMILES string of the molecule is C1=C[C@H]2C[C@@H]1[C@H]1[Se]C(c3ccccc3)(C(c3ccccc3)c3ccccc3)c3ccccc3[C@H]12. The van der Waals surface area contributed by atoms with Crippen LogP contribution in [0.15, 0.2) is 127 Å². The number of hydrogen-bond donors (Lipinski definition) is 0. The van der Waals surface area contributed by atoms with Gasteiger partial charge in [-0.3, -0.25) is 0 Å². The van der Waals surface area contributed by atoms with E-state index in [1.54, 1.807) is 11.1 Å². The van der Waals surface area contributed by atoms with E-state index in [0.29, 0.717) is 20.9 Å². The van der Waals surface area contributed by atoms with Crippen LogP contribution in [0.1, 0.15) is 46.1 Å². The maximum absolute atomic E-state index is 2.55. The molecule has 1 fully saturated rings. The molecule has 1 heteroatoms. The Morgan fingerprint density at radius 2 is 1.18 bits per heavy atom. The van der Waals surface area contributed by atoms with Crippen LogP contribution in [-0.4, -0.2) is 15.0 Å². The second kappa shape index (κ2) is 8.12. The number of rotatable bonds is 4. The zero-order valence-corrected chi connectivity index (χ0v) is 20.8. The van der Waals surface area contributed by atoms with Crippen LogP contribution >= 0.6 is 0 Å². The number of hydrogen-bond acceptors (Lipinski definition) is 0. The third-order valence-corrected chi connectivity index (χ3v) is 12.5. The zero-order valence-electron chi connectivity index (χ0n) is 19.1. The van der Waals surface area contributed by atoms with Gasteiger partial charge in [0, 0.05) is 0 Å². The summed E-state index contributed by atoms with van der Waals surface area (Å²) in [6.07, 6.45) is 6.43. The average Bonchev–Trinajstić information content (AvgIpc) is 3.53. The van der Waals surface area contributed by atoms with Crippen molar-refractivity contribution in [2.75, 3.05) is 0 Å². The van der Waals surface area contributed by atoms with Crippen molar-refractivity contribution in [3.05, 3.63) is 155 Å². The van der Waals surface area contributed by atoms with Crippen LogP contribution < -0.4 is 0 Å². The molecule has 4 aromatic carbocycles. The Labute approximate surface area is 208 Å². The third-order valence-electron chi connectivity index (χ3n) is 8.30. The molecule has 1 aliphatic heterocycles. The van der Waals surface area contributed by atoms with Crippen molar-refractivity contribution in [3.63, 3.8) is 0 Å². The predicted molar refractivity (Wildman–Crippen MR) is 141 cm³/mol. The fourth-order valence-corrected chi connectivity index (χ4v) is 11.8. The first kappa shape index (κ1) is 20.5. The van der Waals surface area contributed by atoms with E-state index in [4.69, 9.17) is 0 Å². The van der Waals surface area contributed by atoms with Gasteiger partial charge in [-0.15, -0.1) is 0 Å². The molecule has 4 aromatic rings. The molecule has 0 saturated heterocycles. The van der Waals surface area contributed by atoms with Crippen molar-refractivity contribution in [2.45, 2.75) is 27.4 Å². The Kier molecular flexibility index (Phi) is 4.90. The van der Waals surface area contributed by atoms with Gasteiger partial charge in [0.1, 0.15) is 0 Å². The summed E-state index contributed by atoms with van der Waals surface area (Å²) in [5, 5.41) is 0. The van der Waals surface area contributed by atoms with E-state index in [9.17, 15) is 0 Å². The van der Waals surface area contributed by atoms with Crippen LogP contribution in [0.2, 0.25) is 4.82 Å².